The maximum atomic E-state index is 6.56. The van der Waals surface area contributed by atoms with Crippen molar-refractivity contribution in [2.24, 2.45) is 0 Å². The van der Waals surface area contributed by atoms with Gasteiger partial charge in [0.2, 0.25) is 0 Å². The van der Waals surface area contributed by atoms with Gasteiger partial charge in [0.05, 0.1) is 5.39 Å². The van der Waals surface area contributed by atoms with Crippen molar-refractivity contribution in [3.63, 3.8) is 0 Å². The van der Waals surface area contributed by atoms with Crippen LogP contribution in [-0.2, 0) is 12.2 Å². The molecule has 0 saturated carbocycles. The van der Waals surface area contributed by atoms with Gasteiger partial charge < -0.3 is 0 Å². The largest absolute Gasteiger partial charge is 0.211 e. The van der Waals surface area contributed by atoms with E-state index < -0.39 is 0 Å². The van der Waals surface area contributed by atoms with Crippen LogP contribution < -0.4 is 0 Å². The highest BCUT2D eigenvalue weighted by atomic mass is 35.5. The van der Waals surface area contributed by atoms with Crippen molar-refractivity contribution in [2.75, 3.05) is 0 Å². The molecule has 4 rings (SSSR count). The zero-order chi connectivity index (χ0) is 18.8. The van der Waals surface area contributed by atoms with Crippen molar-refractivity contribution in [1.29, 1.82) is 0 Å². The fourth-order valence-corrected chi connectivity index (χ4v) is 5.09. The number of benzene rings is 2. The van der Waals surface area contributed by atoms with Crippen molar-refractivity contribution in [3.05, 3.63) is 75.8 Å². The van der Waals surface area contributed by atoms with E-state index in [1.165, 1.54) is 16.7 Å². The zero-order valence-corrected chi connectivity index (χ0v) is 17.6. The molecule has 0 bridgehead atoms. The average molecular weight is 411 g/mol. The van der Waals surface area contributed by atoms with Crippen LogP contribution in [-0.4, -0.2) is 9.97 Å². The third-order valence-corrected chi connectivity index (χ3v) is 6.59. The SMILES string of the molecule is CCc1ccc(-c2csc3nc(SCc4ccc(C)cc4)nc(Cl)c23)cc1. The molecule has 0 spiro atoms. The summed E-state index contributed by atoms with van der Waals surface area (Å²) in [5, 5.41) is 4.33. The summed E-state index contributed by atoms with van der Waals surface area (Å²) in [4.78, 5) is 10.2. The Hall–Kier alpha value is -1.88. The Bertz CT molecular complexity index is 1070. The molecule has 0 radical (unpaired) electrons. The first-order chi connectivity index (χ1) is 13.1. The molecule has 2 aromatic carbocycles. The summed E-state index contributed by atoms with van der Waals surface area (Å²) >= 11 is 9.80. The standard InChI is InChI=1S/C22H19ClN2S2/c1-3-15-8-10-17(11-9-15)18-13-26-21-19(18)20(23)24-22(25-21)27-12-16-6-4-14(2)5-7-16/h4-11,13H,3,12H2,1-2H3. The van der Waals surface area contributed by atoms with Gasteiger partial charge >= 0.3 is 0 Å². The second kappa shape index (κ2) is 8.01. The normalized spacial score (nSPS) is 11.2. The Kier molecular flexibility index (Phi) is 5.48. The van der Waals surface area contributed by atoms with Crippen molar-refractivity contribution in [3.8, 4) is 11.1 Å². The van der Waals surface area contributed by atoms with Crippen molar-refractivity contribution in [2.45, 2.75) is 31.2 Å². The molecule has 4 aromatic rings. The molecule has 2 aromatic heterocycles. The summed E-state index contributed by atoms with van der Waals surface area (Å²) in [6, 6.07) is 17.2. The van der Waals surface area contributed by atoms with Crippen molar-refractivity contribution in [1.82, 2.24) is 9.97 Å². The Morgan fingerprint density at radius 2 is 1.67 bits per heavy atom. The van der Waals surface area contributed by atoms with E-state index in [0.29, 0.717) is 5.15 Å². The monoisotopic (exact) mass is 410 g/mol. The van der Waals surface area contributed by atoms with Gasteiger partial charge in [-0.15, -0.1) is 11.3 Å². The van der Waals surface area contributed by atoms with Crippen LogP contribution in [0.1, 0.15) is 23.6 Å². The summed E-state index contributed by atoms with van der Waals surface area (Å²) < 4.78 is 0. The van der Waals surface area contributed by atoms with Crippen LogP contribution in [0.4, 0.5) is 0 Å². The van der Waals surface area contributed by atoms with Gasteiger partial charge in [0.25, 0.3) is 0 Å². The lowest BCUT2D eigenvalue weighted by Crippen LogP contribution is -1.90. The number of aromatic nitrogens is 2. The van der Waals surface area contributed by atoms with Crippen LogP contribution in [0.25, 0.3) is 21.3 Å². The lowest BCUT2D eigenvalue weighted by atomic mass is 10.0. The quantitative estimate of drug-likeness (QED) is 0.198. The maximum Gasteiger partial charge on any atom is 0.190 e. The van der Waals surface area contributed by atoms with E-state index in [-0.39, 0.29) is 0 Å². The number of halogens is 1. The first-order valence-electron chi connectivity index (χ1n) is 8.86. The first kappa shape index (κ1) is 18.5. The minimum absolute atomic E-state index is 0.530. The van der Waals surface area contributed by atoms with Gasteiger partial charge in [-0.3, -0.25) is 0 Å². The predicted molar refractivity (Wildman–Crippen MR) is 118 cm³/mol. The molecule has 5 heteroatoms. The van der Waals surface area contributed by atoms with E-state index in [9.17, 15) is 0 Å². The molecule has 2 heterocycles. The van der Waals surface area contributed by atoms with Gasteiger partial charge in [-0.2, -0.15) is 0 Å². The maximum absolute atomic E-state index is 6.56. The molecule has 0 aliphatic carbocycles. The molecule has 0 atom stereocenters. The number of hydrogen-bond acceptors (Lipinski definition) is 4. The average Bonchev–Trinajstić information content (AvgIpc) is 3.12. The van der Waals surface area contributed by atoms with Gasteiger partial charge in [0, 0.05) is 16.7 Å². The zero-order valence-electron chi connectivity index (χ0n) is 15.2. The van der Waals surface area contributed by atoms with Crippen molar-refractivity contribution < 1.29 is 0 Å². The van der Waals surface area contributed by atoms with Crippen molar-refractivity contribution >= 4 is 44.9 Å². The minimum atomic E-state index is 0.530. The number of thioether (sulfide) groups is 1. The third kappa shape index (κ3) is 4.03. The molecular weight excluding hydrogens is 392 g/mol. The second-order valence-corrected chi connectivity index (χ2v) is 8.61. The second-order valence-electron chi connectivity index (χ2n) is 6.45. The summed E-state index contributed by atoms with van der Waals surface area (Å²) in [5.74, 6) is 0.832. The number of thiophene rings is 1. The lowest BCUT2D eigenvalue weighted by molar-refractivity contribution is 1.01. The molecule has 0 saturated heterocycles. The van der Waals surface area contributed by atoms with Gasteiger partial charge in [-0.1, -0.05) is 84.4 Å². The molecule has 0 fully saturated rings. The van der Waals surface area contributed by atoms with Crippen LogP contribution in [0.5, 0.6) is 0 Å². The van der Waals surface area contributed by atoms with Gasteiger partial charge in [-0.25, -0.2) is 9.97 Å². The van der Waals surface area contributed by atoms with Gasteiger partial charge in [0.1, 0.15) is 9.98 Å². The number of hydrogen-bond donors (Lipinski definition) is 0. The molecule has 0 aliphatic heterocycles. The highest BCUT2D eigenvalue weighted by molar-refractivity contribution is 7.98. The molecule has 27 heavy (non-hydrogen) atoms. The predicted octanol–water partition coefficient (Wildman–Crippen LogP) is 7.17. The van der Waals surface area contributed by atoms with E-state index in [0.717, 1.165) is 38.7 Å². The highest BCUT2D eigenvalue weighted by Crippen LogP contribution is 2.38. The Labute approximate surface area is 172 Å². The summed E-state index contributed by atoms with van der Waals surface area (Å²) in [5.41, 5.74) is 6.12. The van der Waals surface area contributed by atoms with E-state index in [1.807, 2.05) is 0 Å². The van der Waals surface area contributed by atoms with E-state index in [1.54, 1.807) is 23.1 Å². The molecule has 0 amide bonds. The summed E-state index contributed by atoms with van der Waals surface area (Å²) in [6.45, 7) is 4.26. The Balaban J connectivity index is 1.61. The summed E-state index contributed by atoms with van der Waals surface area (Å²) in [7, 11) is 0. The fourth-order valence-electron chi connectivity index (χ4n) is 2.91. The molecular formula is C22H19ClN2S2. The molecule has 136 valence electrons. The van der Waals surface area contributed by atoms with E-state index in [2.05, 4.69) is 72.7 Å². The van der Waals surface area contributed by atoms with Crippen LogP contribution in [0.3, 0.4) is 0 Å². The number of fused-ring (bicyclic) bond motifs is 1. The number of rotatable bonds is 5. The topological polar surface area (TPSA) is 25.8 Å². The van der Waals surface area contributed by atoms with Crippen LogP contribution in [0.15, 0.2) is 59.1 Å². The number of nitrogens with zero attached hydrogens (tertiary/aromatic N) is 2. The van der Waals surface area contributed by atoms with E-state index >= 15 is 0 Å². The highest BCUT2D eigenvalue weighted by Gasteiger charge is 2.14. The minimum Gasteiger partial charge on any atom is -0.211 e. The van der Waals surface area contributed by atoms with Gasteiger partial charge in [0.15, 0.2) is 5.16 Å². The third-order valence-electron chi connectivity index (χ3n) is 4.53. The first-order valence-corrected chi connectivity index (χ1v) is 11.1. The number of aryl methyl sites for hydroxylation is 2. The van der Waals surface area contributed by atoms with Crippen LogP contribution >= 0.6 is 34.7 Å². The van der Waals surface area contributed by atoms with E-state index in [4.69, 9.17) is 16.6 Å². The van der Waals surface area contributed by atoms with Crippen LogP contribution in [0, 0.1) is 6.92 Å². The summed E-state index contributed by atoms with van der Waals surface area (Å²) in [6.07, 6.45) is 1.04. The lowest BCUT2D eigenvalue weighted by Gasteiger charge is -2.05. The molecule has 0 aliphatic rings. The molecule has 0 unspecified atom stereocenters. The smallest absolute Gasteiger partial charge is 0.190 e. The van der Waals surface area contributed by atoms with Gasteiger partial charge in [-0.05, 0) is 30.0 Å². The Morgan fingerprint density at radius 3 is 2.37 bits per heavy atom. The molecule has 2 nitrogen and oxygen atoms in total. The fraction of sp³-hybridized carbons (Fsp3) is 0.182. The van der Waals surface area contributed by atoms with Crippen LogP contribution in [0.2, 0.25) is 5.15 Å². The Morgan fingerprint density at radius 1 is 0.963 bits per heavy atom. The molecule has 0 N–H and O–H groups in total.